The highest BCUT2D eigenvalue weighted by Gasteiger charge is 2.26. The van der Waals surface area contributed by atoms with Crippen molar-refractivity contribution in [3.8, 4) is 11.1 Å². The van der Waals surface area contributed by atoms with E-state index in [0.29, 0.717) is 0 Å². The number of carbonyl (C=O) groups is 2. The van der Waals surface area contributed by atoms with Gasteiger partial charge in [0.2, 0.25) is 11.8 Å². The number of rotatable bonds is 15. The molecule has 3 rings (SSSR count). The van der Waals surface area contributed by atoms with Crippen LogP contribution in [0.4, 0.5) is 8.78 Å². The quantitative estimate of drug-likeness (QED) is 0.187. The molecule has 0 saturated heterocycles. The molecule has 1 unspecified atom stereocenters. The molecular formula is C32H39F2N3O5. The molecule has 0 saturated carbocycles. The Kier molecular flexibility index (Phi) is 12.1. The normalized spacial score (nSPS) is 12.9. The molecule has 42 heavy (non-hydrogen) atoms. The molecule has 3 aromatic rings. The Morgan fingerprint density at radius 3 is 2.29 bits per heavy atom. The number of benzene rings is 3. The van der Waals surface area contributed by atoms with Crippen LogP contribution >= 0.6 is 0 Å². The standard InChI is InChI=1S/C32H39F2N3O5/c1-21(39)16-36-32(2,3)15-30(40)37-29(20-42-19-26-27(33)9-6-10-28(26)34)31(41)35-17-22-11-13-23(14-12-22)25-8-5-4-7-24(25)18-38/h4-14,21,29,36,38-39H,15-20H2,1-3H3,(H,35,41)(H,37,40)/t21?,29-/m1/s1. The molecule has 0 fully saturated rings. The zero-order valence-corrected chi connectivity index (χ0v) is 24.1. The van der Waals surface area contributed by atoms with E-state index in [1.807, 2.05) is 48.5 Å². The maximum Gasteiger partial charge on any atom is 0.245 e. The van der Waals surface area contributed by atoms with Crippen LogP contribution < -0.4 is 16.0 Å². The third kappa shape index (κ3) is 9.99. The SMILES string of the molecule is CC(O)CNC(C)(C)CC(=O)N[C@H](COCc1c(F)cccc1F)C(=O)NCc1ccc(-c2ccccc2CO)cc1. The number of β-amino-alcohol motifs (C(OH)–C–C–N with tert-alkyl or cyclic N) is 1. The van der Waals surface area contributed by atoms with Crippen LogP contribution in [-0.4, -0.2) is 52.9 Å². The van der Waals surface area contributed by atoms with E-state index in [0.717, 1.165) is 34.4 Å². The van der Waals surface area contributed by atoms with Crippen molar-refractivity contribution in [2.75, 3.05) is 13.2 Å². The van der Waals surface area contributed by atoms with E-state index in [1.54, 1.807) is 20.8 Å². The number of ether oxygens (including phenoxy) is 1. The van der Waals surface area contributed by atoms with Crippen molar-refractivity contribution in [2.24, 2.45) is 0 Å². The zero-order valence-electron chi connectivity index (χ0n) is 24.1. The number of nitrogens with one attached hydrogen (secondary N) is 3. The molecule has 0 aliphatic carbocycles. The number of hydrogen-bond donors (Lipinski definition) is 5. The molecule has 8 nitrogen and oxygen atoms in total. The zero-order chi connectivity index (χ0) is 30.7. The number of aliphatic hydroxyl groups excluding tert-OH is 2. The lowest BCUT2D eigenvalue weighted by Crippen LogP contribution is -2.52. The van der Waals surface area contributed by atoms with E-state index < -0.39 is 47.7 Å². The largest absolute Gasteiger partial charge is 0.392 e. The molecule has 0 spiro atoms. The van der Waals surface area contributed by atoms with Crippen molar-refractivity contribution >= 4 is 11.8 Å². The highest BCUT2D eigenvalue weighted by atomic mass is 19.1. The van der Waals surface area contributed by atoms with Gasteiger partial charge in [-0.2, -0.15) is 0 Å². The number of carbonyl (C=O) groups excluding carboxylic acids is 2. The molecule has 0 heterocycles. The fourth-order valence-corrected chi connectivity index (χ4v) is 4.32. The average molecular weight is 584 g/mol. The summed E-state index contributed by atoms with van der Waals surface area (Å²) < 4.78 is 33.6. The molecular weight excluding hydrogens is 544 g/mol. The first-order valence-electron chi connectivity index (χ1n) is 13.8. The molecule has 3 aromatic carbocycles. The number of hydrogen-bond acceptors (Lipinski definition) is 6. The number of amides is 2. The van der Waals surface area contributed by atoms with Crippen LogP contribution in [0.2, 0.25) is 0 Å². The van der Waals surface area contributed by atoms with Crippen molar-refractivity contribution in [1.29, 1.82) is 0 Å². The smallest absolute Gasteiger partial charge is 0.245 e. The van der Waals surface area contributed by atoms with Crippen molar-refractivity contribution in [3.63, 3.8) is 0 Å². The van der Waals surface area contributed by atoms with Crippen molar-refractivity contribution in [3.05, 3.63) is 95.1 Å². The summed E-state index contributed by atoms with van der Waals surface area (Å²) in [4.78, 5) is 26.0. The van der Waals surface area contributed by atoms with Gasteiger partial charge in [-0.25, -0.2) is 8.78 Å². The van der Waals surface area contributed by atoms with E-state index in [1.165, 1.54) is 6.07 Å². The Morgan fingerprint density at radius 2 is 1.64 bits per heavy atom. The number of halogens is 2. The minimum absolute atomic E-state index is 0.00220. The molecule has 0 aromatic heterocycles. The number of aliphatic hydroxyl groups is 2. The van der Waals surface area contributed by atoms with Gasteiger partial charge in [-0.3, -0.25) is 9.59 Å². The molecule has 2 amide bonds. The Bertz CT molecular complexity index is 1310. The summed E-state index contributed by atoms with van der Waals surface area (Å²) in [7, 11) is 0. The molecule has 10 heteroatoms. The average Bonchev–Trinajstić information content (AvgIpc) is 2.95. The van der Waals surface area contributed by atoms with Crippen LogP contribution in [0.15, 0.2) is 66.7 Å². The predicted octanol–water partition coefficient (Wildman–Crippen LogP) is 3.58. The van der Waals surface area contributed by atoms with E-state index >= 15 is 0 Å². The maximum atomic E-state index is 14.0. The Balaban J connectivity index is 1.66. The van der Waals surface area contributed by atoms with Crippen molar-refractivity contribution < 1.29 is 33.3 Å². The van der Waals surface area contributed by atoms with Crippen LogP contribution in [0.3, 0.4) is 0 Å². The summed E-state index contributed by atoms with van der Waals surface area (Å²) in [5.41, 5.74) is 2.49. The molecule has 0 aliphatic rings. The molecule has 2 atom stereocenters. The lowest BCUT2D eigenvalue weighted by Gasteiger charge is -2.28. The van der Waals surface area contributed by atoms with Gasteiger partial charge in [-0.15, -0.1) is 0 Å². The van der Waals surface area contributed by atoms with E-state index in [9.17, 15) is 28.6 Å². The van der Waals surface area contributed by atoms with Gasteiger partial charge in [0.1, 0.15) is 17.7 Å². The van der Waals surface area contributed by atoms with Crippen LogP contribution in [0.5, 0.6) is 0 Å². The van der Waals surface area contributed by atoms with E-state index in [4.69, 9.17) is 4.74 Å². The first-order valence-corrected chi connectivity index (χ1v) is 13.8. The summed E-state index contributed by atoms with van der Waals surface area (Å²) in [6, 6.07) is 17.4. The summed E-state index contributed by atoms with van der Waals surface area (Å²) >= 11 is 0. The second-order valence-corrected chi connectivity index (χ2v) is 10.9. The predicted molar refractivity (Wildman–Crippen MR) is 156 cm³/mol. The first-order chi connectivity index (χ1) is 20.0. The van der Waals surface area contributed by atoms with Crippen LogP contribution in [0.25, 0.3) is 11.1 Å². The van der Waals surface area contributed by atoms with Gasteiger partial charge in [0.05, 0.1) is 25.9 Å². The van der Waals surface area contributed by atoms with Crippen molar-refractivity contribution in [1.82, 2.24) is 16.0 Å². The lowest BCUT2D eigenvalue weighted by atomic mass is 9.99. The fourth-order valence-electron chi connectivity index (χ4n) is 4.32. The Morgan fingerprint density at radius 1 is 0.976 bits per heavy atom. The molecule has 0 aliphatic heterocycles. The van der Waals surface area contributed by atoms with E-state index in [2.05, 4.69) is 16.0 Å². The maximum absolute atomic E-state index is 14.0. The van der Waals surface area contributed by atoms with Gasteiger partial charge < -0.3 is 30.9 Å². The van der Waals surface area contributed by atoms with Gasteiger partial charge in [-0.1, -0.05) is 54.6 Å². The van der Waals surface area contributed by atoms with Crippen LogP contribution in [0, 0.1) is 11.6 Å². The first kappa shape index (κ1) is 32.8. The minimum atomic E-state index is -1.13. The Labute approximate surface area is 245 Å². The van der Waals surface area contributed by atoms with Crippen molar-refractivity contribution in [2.45, 2.75) is 64.6 Å². The highest BCUT2D eigenvalue weighted by molar-refractivity contribution is 5.88. The molecule has 0 radical (unpaired) electrons. The highest BCUT2D eigenvalue weighted by Crippen LogP contribution is 2.24. The van der Waals surface area contributed by atoms with Gasteiger partial charge >= 0.3 is 0 Å². The van der Waals surface area contributed by atoms with Crippen LogP contribution in [-0.2, 0) is 34.1 Å². The topological polar surface area (TPSA) is 120 Å². The molecule has 5 N–H and O–H groups in total. The summed E-state index contributed by atoms with van der Waals surface area (Å²) in [6.07, 6.45) is -0.598. The summed E-state index contributed by atoms with van der Waals surface area (Å²) in [5.74, 6) is -2.50. The van der Waals surface area contributed by atoms with Gasteiger partial charge in [0.15, 0.2) is 0 Å². The lowest BCUT2D eigenvalue weighted by molar-refractivity contribution is -0.131. The van der Waals surface area contributed by atoms with Gasteiger partial charge in [0, 0.05) is 30.6 Å². The van der Waals surface area contributed by atoms with Crippen LogP contribution in [0.1, 0.15) is 43.9 Å². The second kappa shape index (κ2) is 15.5. The molecule has 0 bridgehead atoms. The summed E-state index contributed by atoms with van der Waals surface area (Å²) in [6.45, 7) is 4.85. The van der Waals surface area contributed by atoms with Gasteiger partial charge in [0.25, 0.3) is 0 Å². The Hall–Kier alpha value is -3.70. The minimum Gasteiger partial charge on any atom is -0.392 e. The van der Waals surface area contributed by atoms with Gasteiger partial charge in [-0.05, 0) is 55.2 Å². The van der Waals surface area contributed by atoms with E-state index in [-0.39, 0.29) is 38.3 Å². The monoisotopic (exact) mass is 583 g/mol. The second-order valence-electron chi connectivity index (χ2n) is 10.9. The fraction of sp³-hybridized carbons (Fsp3) is 0.375. The third-order valence-corrected chi connectivity index (χ3v) is 6.64. The summed E-state index contributed by atoms with van der Waals surface area (Å²) in [5, 5.41) is 27.7. The third-order valence-electron chi connectivity index (χ3n) is 6.64. The molecule has 226 valence electrons.